The Labute approximate surface area is 62.4 Å². The molecule has 58 valence electrons. The standard InChI is InChI=1S/C9H15F/c1-4-5-8(2)6-7-9(3)10/h6-7H,4-5H2,1-3H3/b8-6+,9-7+. The number of hydrogen-bond acceptors (Lipinski definition) is 0. The summed E-state index contributed by atoms with van der Waals surface area (Å²) in [7, 11) is 0. The summed E-state index contributed by atoms with van der Waals surface area (Å²) in [5.74, 6) is -0.129. The molecule has 0 unspecified atom stereocenters. The number of allylic oxidation sites excluding steroid dienone is 4. The molecule has 0 aliphatic carbocycles. The normalized spacial score (nSPS) is 14.0. The Kier molecular flexibility index (Phi) is 4.91. The van der Waals surface area contributed by atoms with Gasteiger partial charge in [-0.05, 0) is 26.3 Å². The Bertz CT molecular complexity index is 139. The molecule has 0 aromatic rings. The molecule has 0 saturated heterocycles. The number of halogens is 1. The fourth-order valence-electron chi connectivity index (χ4n) is 0.735. The molecule has 0 radical (unpaired) electrons. The van der Waals surface area contributed by atoms with Gasteiger partial charge in [-0.3, -0.25) is 0 Å². The van der Waals surface area contributed by atoms with Crippen molar-refractivity contribution in [2.75, 3.05) is 0 Å². The molecule has 1 heteroatoms. The maximum atomic E-state index is 12.1. The molecule has 0 aromatic heterocycles. The lowest BCUT2D eigenvalue weighted by molar-refractivity contribution is 0.640. The highest BCUT2D eigenvalue weighted by Crippen LogP contribution is 2.04. The molecular formula is C9H15F. The van der Waals surface area contributed by atoms with Gasteiger partial charge in [-0.25, -0.2) is 4.39 Å². The predicted molar refractivity (Wildman–Crippen MR) is 43.5 cm³/mol. The molecule has 10 heavy (non-hydrogen) atoms. The molecule has 0 fully saturated rings. The summed E-state index contributed by atoms with van der Waals surface area (Å²) in [5, 5.41) is 0. The lowest BCUT2D eigenvalue weighted by Crippen LogP contribution is -1.72. The summed E-state index contributed by atoms with van der Waals surface area (Å²) in [5.41, 5.74) is 1.24. The van der Waals surface area contributed by atoms with Gasteiger partial charge < -0.3 is 0 Å². The van der Waals surface area contributed by atoms with E-state index in [9.17, 15) is 4.39 Å². The smallest absolute Gasteiger partial charge is 0.0968 e. The third-order valence-electron chi connectivity index (χ3n) is 1.24. The SMILES string of the molecule is CCC/C(C)=C/C=C(\C)F. The molecule has 0 nitrogen and oxygen atoms in total. The largest absolute Gasteiger partial charge is 0.212 e. The van der Waals surface area contributed by atoms with Crippen molar-refractivity contribution in [3.63, 3.8) is 0 Å². The van der Waals surface area contributed by atoms with Gasteiger partial charge in [0, 0.05) is 0 Å². The quantitative estimate of drug-likeness (QED) is 0.528. The van der Waals surface area contributed by atoms with E-state index in [1.165, 1.54) is 18.6 Å². The third kappa shape index (κ3) is 5.54. The van der Waals surface area contributed by atoms with E-state index < -0.39 is 0 Å². The minimum Gasteiger partial charge on any atom is -0.212 e. The molecule has 0 aliphatic heterocycles. The average Bonchev–Trinajstić information content (AvgIpc) is 1.85. The number of rotatable bonds is 3. The summed E-state index contributed by atoms with van der Waals surface area (Å²) >= 11 is 0. The Balaban J connectivity index is 3.79. The van der Waals surface area contributed by atoms with Gasteiger partial charge in [0.15, 0.2) is 0 Å². The topological polar surface area (TPSA) is 0 Å². The van der Waals surface area contributed by atoms with E-state index in [1.807, 2.05) is 13.0 Å². The second-order valence-electron chi connectivity index (χ2n) is 2.52. The van der Waals surface area contributed by atoms with Crippen molar-refractivity contribution in [1.29, 1.82) is 0 Å². The third-order valence-corrected chi connectivity index (χ3v) is 1.24. The summed E-state index contributed by atoms with van der Waals surface area (Å²) < 4.78 is 12.1. The van der Waals surface area contributed by atoms with Crippen molar-refractivity contribution in [2.24, 2.45) is 0 Å². The maximum absolute atomic E-state index is 12.1. The molecule has 0 rings (SSSR count). The fourth-order valence-corrected chi connectivity index (χ4v) is 0.735. The summed E-state index contributed by atoms with van der Waals surface area (Å²) in [4.78, 5) is 0. The Morgan fingerprint density at radius 3 is 2.30 bits per heavy atom. The van der Waals surface area contributed by atoms with E-state index in [2.05, 4.69) is 6.92 Å². The molecule has 0 aliphatic rings. The number of hydrogen-bond donors (Lipinski definition) is 0. The molecule has 0 aromatic carbocycles. The highest BCUT2D eigenvalue weighted by molar-refractivity contribution is 5.11. The van der Waals surface area contributed by atoms with Crippen LogP contribution in [0.4, 0.5) is 4.39 Å². The van der Waals surface area contributed by atoms with Crippen LogP contribution in [-0.2, 0) is 0 Å². The van der Waals surface area contributed by atoms with Gasteiger partial charge in [-0.15, -0.1) is 0 Å². The average molecular weight is 142 g/mol. The Morgan fingerprint density at radius 2 is 1.90 bits per heavy atom. The Hall–Kier alpha value is -0.590. The van der Waals surface area contributed by atoms with Crippen LogP contribution in [-0.4, -0.2) is 0 Å². The molecule has 0 N–H and O–H groups in total. The molecule has 0 heterocycles. The zero-order valence-corrected chi connectivity index (χ0v) is 6.95. The van der Waals surface area contributed by atoms with Crippen molar-refractivity contribution in [3.8, 4) is 0 Å². The highest BCUT2D eigenvalue weighted by atomic mass is 19.1. The van der Waals surface area contributed by atoms with Crippen LogP contribution < -0.4 is 0 Å². The minimum atomic E-state index is -0.129. The van der Waals surface area contributed by atoms with Crippen LogP contribution in [0.1, 0.15) is 33.6 Å². The van der Waals surface area contributed by atoms with Crippen LogP contribution in [0.5, 0.6) is 0 Å². The van der Waals surface area contributed by atoms with E-state index in [-0.39, 0.29) is 5.83 Å². The molecule has 0 spiro atoms. The van der Waals surface area contributed by atoms with Crippen LogP contribution >= 0.6 is 0 Å². The van der Waals surface area contributed by atoms with Crippen molar-refractivity contribution in [1.82, 2.24) is 0 Å². The molecule has 0 atom stereocenters. The van der Waals surface area contributed by atoms with Gasteiger partial charge in [0.25, 0.3) is 0 Å². The van der Waals surface area contributed by atoms with E-state index in [1.54, 1.807) is 0 Å². The van der Waals surface area contributed by atoms with Crippen molar-refractivity contribution in [2.45, 2.75) is 33.6 Å². The van der Waals surface area contributed by atoms with E-state index >= 15 is 0 Å². The summed E-state index contributed by atoms with van der Waals surface area (Å²) in [6.07, 6.45) is 5.52. The lowest BCUT2D eigenvalue weighted by atomic mass is 10.1. The fraction of sp³-hybridized carbons (Fsp3) is 0.556. The van der Waals surface area contributed by atoms with Gasteiger partial charge in [0.2, 0.25) is 0 Å². The zero-order valence-electron chi connectivity index (χ0n) is 6.95. The molecule has 0 bridgehead atoms. The van der Waals surface area contributed by atoms with Crippen LogP contribution in [0.15, 0.2) is 23.6 Å². The first-order valence-electron chi connectivity index (χ1n) is 3.66. The van der Waals surface area contributed by atoms with Crippen LogP contribution in [0.3, 0.4) is 0 Å². The highest BCUT2D eigenvalue weighted by Gasteiger charge is 1.84. The summed E-state index contributed by atoms with van der Waals surface area (Å²) in [6, 6.07) is 0. The van der Waals surface area contributed by atoms with Crippen molar-refractivity contribution < 1.29 is 4.39 Å². The van der Waals surface area contributed by atoms with Crippen molar-refractivity contribution >= 4 is 0 Å². The second-order valence-corrected chi connectivity index (χ2v) is 2.52. The molecule has 0 saturated carbocycles. The lowest BCUT2D eigenvalue weighted by Gasteiger charge is -1.92. The van der Waals surface area contributed by atoms with Crippen LogP contribution in [0.25, 0.3) is 0 Å². The monoisotopic (exact) mass is 142 g/mol. The van der Waals surface area contributed by atoms with E-state index in [0.29, 0.717) is 0 Å². The summed E-state index contributed by atoms with van der Waals surface area (Å²) in [6.45, 7) is 5.59. The first-order chi connectivity index (χ1) is 4.66. The molecule has 0 amide bonds. The van der Waals surface area contributed by atoms with E-state index in [0.717, 1.165) is 12.8 Å². The van der Waals surface area contributed by atoms with Gasteiger partial charge in [0.05, 0.1) is 5.83 Å². The van der Waals surface area contributed by atoms with Gasteiger partial charge in [0.1, 0.15) is 0 Å². The van der Waals surface area contributed by atoms with Gasteiger partial charge in [-0.2, -0.15) is 0 Å². The van der Waals surface area contributed by atoms with E-state index in [4.69, 9.17) is 0 Å². The van der Waals surface area contributed by atoms with Crippen LogP contribution in [0, 0.1) is 0 Å². The first-order valence-corrected chi connectivity index (χ1v) is 3.66. The minimum absolute atomic E-state index is 0.129. The molecular weight excluding hydrogens is 127 g/mol. The first kappa shape index (κ1) is 9.41. The second kappa shape index (κ2) is 5.21. The van der Waals surface area contributed by atoms with Crippen molar-refractivity contribution in [3.05, 3.63) is 23.6 Å². The van der Waals surface area contributed by atoms with Crippen LogP contribution in [0.2, 0.25) is 0 Å². The Morgan fingerprint density at radius 1 is 1.30 bits per heavy atom. The van der Waals surface area contributed by atoms with Gasteiger partial charge >= 0.3 is 0 Å². The maximum Gasteiger partial charge on any atom is 0.0968 e. The zero-order chi connectivity index (χ0) is 7.98. The van der Waals surface area contributed by atoms with Gasteiger partial charge in [-0.1, -0.05) is 25.0 Å². The predicted octanol–water partition coefficient (Wildman–Crippen LogP) is 3.61.